The molecule has 0 saturated heterocycles. The minimum Gasteiger partial charge on any atom is -0.299 e. The molecule has 0 N–H and O–H groups in total. The topological polar surface area (TPSA) is 17.1 Å². The lowest BCUT2D eigenvalue weighted by molar-refractivity contribution is -0.124. The number of hydrogen-bond donors (Lipinski definition) is 0. The van der Waals surface area contributed by atoms with Gasteiger partial charge in [0.2, 0.25) is 0 Å². The maximum Gasteiger partial charge on any atom is 0.136 e. The Balaban J connectivity index is 2.46. The molecule has 1 heteroatoms. The molecule has 0 heterocycles. The van der Waals surface area contributed by atoms with Crippen molar-refractivity contribution in [1.29, 1.82) is 0 Å². The molecular formula is C16H30O. The van der Waals surface area contributed by atoms with E-state index in [-0.39, 0.29) is 5.41 Å². The number of hydrogen-bond acceptors (Lipinski definition) is 1. The first-order valence-corrected chi connectivity index (χ1v) is 7.30. The van der Waals surface area contributed by atoms with E-state index < -0.39 is 0 Å². The molecule has 17 heavy (non-hydrogen) atoms. The van der Waals surface area contributed by atoms with E-state index in [0.29, 0.717) is 17.6 Å². The molecule has 1 unspecified atom stereocenters. The van der Waals surface area contributed by atoms with E-state index in [9.17, 15) is 4.79 Å². The molecule has 0 radical (unpaired) electrons. The minimum absolute atomic E-state index is 0.279. The number of carbonyl (C=O) groups is 1. The van der Waals surface area contributed by atoms with Crippen molar-refractivity contribution >= 4 is 5.78 Å². The first-order chi connectivity index (χ1) is 7.78. The normalized spacial score (nSPS) is 18.5. The highest BCUT2D eigenvalue weighted by molar-refractivity contribution is 5.81. The maximum absolute atomic E-state index is 12.3. The van der Waals surface area contributed by atoms with Crippen LogP contribution in [0.2, 0.25) is 0 Å². The Morgan fingerprint density at radius 1 is 1.24 bits per heavy atom. The Morgan fingerprint density at radius 3 is 2.24 bits per heavy atom. The summed E-state index contributed by atoms with van der Waals surface area (Å²) in [7, 11) is 0. The predicted octanol–water partition coefficient (Wildman–Crippen LogP) is 4.84. The zero-order valence-electron chi connectivity index (χ0n) is 12.4. The molecule has 0 aromatic rings. The highest BCUT2D eigenvalue weighted by atomic mass is 16.1. The molecule has 1 nitrogen and oxygen atoms in total. The number of Topliss-reactive ketones (excluding diaryl/α,β-unsaturated/α-hetero) is 1. The van der Waals surface area contributed by atoms with Crippen LogP contribution in [0.25, 0.3) is 0 Å². The van der Waals surface area contributed by atoms with E-state index >= 15 is 0 Å². The molecule has 0 aliphatic heterocycles. The molecule has 0 amide bonds. The lowest BCUT2D eigenvalue weighted by Gasteiger charge is -2.25. The average Bonchev–Trinajstić information content (AvgIpc) is 2.92. The van der Waals surface area contributed by atoms with Gasteiger partial charge in [0.05, 0.1) is 0 Å². The molecule has 1 fully saturated rings. The van der Waals surface area contributed by atoms with Gasteiger partial charge in [0, 0.05) is 12.3 Å². The maximum atomic E-state index is 12.3. The number of ketones is 1. The molecule has 1 saturated carbocycles. The molecule has 0 aromatic carbocycles. The second-order valence-electron chi connectivity index (χ2n) is 7.55. The van der Waals surface area contributed by atoms with Crippen molar-refractivity contribution in [2.24, 2.45) is 23.2 Å². The largest absolute Gasteiger partial charge is 0.299 e. The van der Waals surface area contributed by atoms with Gasteiger partial charge in [0.1, 0.15) is 5.78 Å². The molecule has 1 rings (SSSR count). The zero-order valence-corrected chi connectivity index (χ0v) is 12.4. The Bertz CT molecular complexity index is 243. The van der Waals surface area contributed by atoms with E-state index in [1.54, 1.807) is 0 Å². The van der Waals surface area contributed by atoms with Crippen LogP contribution in [0.3, 0.4) is 0 Å². The van der Waals surface area contributed by atoms with E-state index in [0.717, 1.165) is 25.2 Å². The second kappa shape index (κ2) is 6.02. The van der Waals surface area contributed by atoms with Crippen molar-refractivity contribution in [2.45, 2.75) is 73.1 Å². The van der Waals surface area contributed by atoms with Gasteiger partial charge in [-0.1, -0.05) is 47.5 Å². The van der Waals surface area contributed by atoms with Crippen molar-refractivity contribution in [2.75, 3.05) is 0 Å². The molecule has 100 valence electrons. The van der Waals surface area contributed by atoms with E-state index in [4.69, 9.17) is 0 Å². The molecule has 0 spiro atoms. The summed E-state index contributed by atoms with van der Waals surface area (Å²) in [6, 6.07) is 0. The van der Waals surface area contributed by atoms with Gasteiger partial charge in [-0.05, 0) is 36.5 Å². The van der Waals surface area contributed by atoms with Gasteiger partial charge < -0.3 is 0 Å². The fraction of sp³-hybridized carbons (Fsp3) is 0.938. The van der Waals surface area contributed by atoms with Crippen molar-refractivity contribution < 1.29 is 4.79 Å². The van der Waals surface area contributed by atoms with E-state index in [1.807, 2.05) is 0 Å². The Kier molecular flexibility index (Phi) is 5.22. The van der Waals surface area contributed by atoms with Crippen LogP contribution in [0.1, 0.15) is 73.1 Å². The summed E-state index contributed by atoms with van der Waals surface area (Å²) in [6.07, 6.45) is 7.05. The molecule has 0 bridgehead atoms. The van der Waals surface area contributed by atoms with Gasteiger partial charge in [0.15, 0.2) is 0 Å². The SMILES string of the molecule is CC(C)CC(=O)C(CCC1CC1)CC(C)(C)C. The second-order valence-corrected chi connectivity index (χ2v) is 7.55. The number of carbonyl (C=O) groups excluding carboxylic acids is 1. The fourth-order valence-corrected chi connectivity index (χ4v) is 2.53. The van der Waals surface area contributed by atoms with Crippen LogP contribution in [-0.4, -0.2) is 5.78 Å². The molecule has 1 aliphatic rings. The summed E-state index contributed by atoms with van der Waals surface area (Å²) in [5, 5.41) is 0. The van der Waals surface area contributed by atoms with Gasteiger partial charge >= 0.3 is 0 Å². The van der Waals surface area contributed by atoms with Crippen LogP contribution in [-0.2, 0) is 4.79 Å². The Morgan fingerprint density at radius 2 is 1.82 bits per heavy atom. The molecule has 1 aliphatic carbocycles. The standard InChI is InChI=1S/C16H30O/c1-12(2)10-15(17)14(11-16(3,4)5)9-8-13-6-7-13/h12-14H,6-11H2,1-5H3. The van der Waals surface area contributed by atoms with Gasteiger partial charge in [-0.25, -0.2) is 0 Å². The fourth-order valence-electron chi connectivity index (χ4n) is 2.53. The third kappa shape index (κ3) is 6.85. The van der Waals surface area contributed by atoms with Crippen LogP contribution in [0.15, 0.2) is 0 Å². The monoisotopic (exact) mass is 238 g/mol. The summed E-state index contributed by atoms with van der Waals surface area (Å²) in [5.41, 5.74) is 0.279. The lowest BCUT2D eigenvalue weighted by Crippen LogP contribution is -2.22. The zero-order chi connectivity index (χ0) is 13.1. The predicted molar refractivity (Wildman–Crippen MR) is 74.0 cm³/mol. The molecular weight excluding hydrogens is 208 g/mol. The first kappa shape index (κ1) is 14.7. The van der Waals surface area contributed by atoms with E-state index in [1.165, 1.54) is 19.3 Å². The van der Waals surface area contributed by atoms with Crippen molar-refractivity contribution in [3.05, 3.63) is 0 Å². The third-order valence-corrected chi connectivity index (χ3v) is 3.54. The summed E-state index contributed by atoms with van der Waals surface area (Å²) in [6.45, 7) is 11.0. The van der Waals surface area contributed by atoms with Gasteiger partial charge in [-0.2, -0.15) is 0 Å². The van der Waals surface area contributed by atoms with Crippen molar-refractivity contribution in [1.82, 2.24) is 0 Å². The summed E-state index contributed by atoms with van der Waals surface area (Å²) < 4.78 is 0. The minimum atomic E-state index is 0.279. The summed E-state index contributed by atoms with van der Waals surface area (Å²) in [5.74, 6) is 2.28. The highest BCUT2D eigenvalue weighted by Gasteiger charge is 2.28. The van der Waals surface area contributed by atoms with Gasteiger partial charge in [-0.3, -0.25) is 4.79 Å². The molecule has 0 aromatic heterocycles. The van der Waals surface area contributed by atoms with Gasteiger partial charge in [-0.15, -0.1) is 0 Å². The third-order valence-electron chi connectivity index (χ3n) is 3.54. The van der Waals surface area contributed by atoms with Crippen LogP contribution in [0.4, 0.5) is 0 Å². The highest BCUT2D eigenvalue weighted by Crippen LogP contribution is 2.37. The Hall–Kier alpha value is -0.330. The van der Waals surface area contributed by atoms with Crippen LogP contribution in [0.5, 0.6) is 0 Å². The van der Waals surface area contributed by atoms with Crippen LogP contribution >= 0.6 is 0 Å². The van der Waals surface area contributed by atoms with Crippen molar-refractivity contribution in [3.63, 3.8) is 0 Å². The summed E-state index contributed by atoms with van der Waals surface area (Å²) in [4.78, 5) is 12.3. The summed E-state index contributed by atoms with van der Waals surface area (Å²) >= 11 is 0. The van der Waals surface area contributed by atoms with Crippen molar-refractivity contribution in [3.8, 4) is 0 Å². The Labute approximate surface area is 107 Å². The number of rotatable bonds is 7. The van der Waals surface area contributed by atoms with Crippen LogP contribution in [0, 0.1) is 23.2 Å². The van der Waals surface area contributed by atoms with Crippen LogP contribution < -0.4 is 0 Å². The quantitative estimate of drug-likeness (QED) is 0.620. The lowest BCUT2D eigenvalue weighted by atomic mass is 9.79. The first-order valence-electron chi connectivity index (χ1n) is 7.30. The van der Waals surface area contributed by atoms with Gasteiger partial charge in [0.25, 0.3) is 0 Å². The molecule has 1 atom stereocenters. The van der Waals surface area contributed by atoms with E-state index in [2.05, 4.69) is 34.6 Å². The average molecular weight is 238 g/mol. The smallest absolute Gasteiger partial charge is 0.136 e.